The summed E-state index contributed by atoms with van der Waals surface area (Å²) in [5.74, 6) is 0.841. The molecule has 1 N–H and O–H groups in total. The lowest BCUT2D eigenvalue weighted by Gasteiger charge is -1.97. The van der Waals surface area contributed by atoms with E-state index >= 15 is 0 Å². The molecule has 0 saturated heterocycles. The number of rotatable bonds is 4. The van der Waals surface area contributed by atoms with Crippen LogP contribution < -0.4 is 5.32 Å². The molecule has 1 aliphatic carbocycles. The van der Waals surface area contributed by atoms with Crippen molar-refractivity contribution in [3.05, 3.63) is 29.7 Å². The molecule has 0 spiro atoms. The third-order valence-corrected chi connectivity index (χ3v) is 2.94. The molecule has 3 heteroatoms. The van der Waals surface area contributed by atoms with Crippen LogP contribution in [-0.4, -0.2) is 17.6 Å². The number of nitrogens with zero attached hydrogens (tertiary/aromatic N) is 1. The quantitative estimate of drug-likeness (QED) is 0.853. The zero-order valence-electron chi connectivity index (χ0n) is 9.49. The van der Waals surface area contributed by atoms with E-state index in [0.717, 1.165) is 36.0 Å². The van der Waals surface area contributed by atoms with Crippen LogP contribution in [0.4, 0.5) is 0 Å². The largest absolute Gasteiger partial charge is 0.441 e. The molecule has 1 aromatic carbocycles. The lowest BCUT2D eigenvalue weighted by Crippen LogP contribution is -2.19. The molecule has 0 aliphatic heterocycles. The highest BCUT2D eigenvalue weighted by Gasteiger charge is 2.20. The molecule has 1 fully saturated rings. The van der Waals surface area contributed by atoms with Gasteiger partial charge < -0.3 is 9.73 Å². The van der Waals surface area contributed by atoms with E-state index in [-0.39, 0.29) is 0 Å². The fourth-order valence-electron chi connectivity index (χ4n) is 1.86. The summed E-state index contributed by atoms with van der Waals surface area (Å²) < 4.78 is 5.67. The van der Waals surface area contributed by atoms with Gasteiger partial charge in [-0.05, 0) is 37.5 Å². The monoisotopic (exact) mass is 216 g/mol. The topological polar surface area (TPSA) is 38.1 Å². The lowest BCUT2D eigenvalue weighted by molar-refractivity contribution is 0.514. The van der Waals surface area contributed by atoms with Gasteiger partial charge in [-0.25, -0.2) is 4.98 Å². The summed E-state index contributed by atoms with van der Waals surface area (Å²) in [7, 11) is 0. The molecular weight excluding hydrogens is 200 g/mol. The first-order chi connectivity index (χ1) is 7.81. The molecule has 0 unspecified atom stereocenters. The smallest absolute Gasteiger partial charge is 0.196 e. The van der Waals surface area contributed by atoms with Gasteiger partial charge in [0.2, 0.25) is 0 Å². The van der Waals surface area contributed by atoms with Crippen LogP contribution in [-0.2, 0) is 6.42 Å². The average Bonchev–Trinajstić information content (AvgIpc) is 2.98. The summed E-state index contributed by atoms with van der Waals surface area (Å²) >= 11 is 0. The second-order valence-electron chi connectivity index (χ2n) is 4.56. The number of nitrogens with one attached hydrogen (secondary N) is 1. The Morgan fingerprint density at radius 3 is 3.12 bits per heavy atom. The number of fused-ring (bicyclic) bond motifs is 1. The molecule has 1 heterocycles. The number of benzene rings is 1. The van der Waals surface area contributed by atoms with Gasteiger partial charge in [-0.15, -0.1) is 0 Å². The van der Waals surface area contributed by atoms with E-state index in [4.69, 9.17) is 4.42 Å². The average molecular weight is 216 g/mol. The maximum absolute atomic E-state index is 5.67. The highest BCUT2D eigenvalue weighted by atomic mass is 16.3. The molecule has 0 radical (unpaired) electrons. The molecule has 1 aliphatic rings. The molecule has 0 amide bonds. The Morgan fingerprint density at radius 1 is 1.44 bits per heavy atom. The second-order valence-corrected chi connectivity index (χ2v) is 4.56. The molecule has 16 heavy (non-hydrogen) atoms. The molecule has 3 rings (SSSR count). The van der Waals surface area contributed by atoms with E-state index in [0.29, 0.717) is 0 Å². The van der Waals surface area contributed by atoms with E-state index in [2.05, 4.69) is 29.4 Å². The first-order valence-electron chi connectivity index (χ1n) is 5.91. The van der Waals surface area contributed by atoms with Crippen molar-refractivity contribution in [1.29, 1.82) is 0 Å². The van der Waals surface area contributed by atoms with Crippen molar-refractivity contribution < 1.29 is 4.42 Å². The summed E-state index contributed by atoms with van der Waals surface area (Å²) in [6.07, 6.45) is 3.53. The van der Waals surface area contributed by atoms with Crippen LogP contribution >= 0.6 is 0 Å². The molecule has 3 nitrogen and oxygen atoms in total. The standard InChI is InChI=1S/C13H16N2O/c1-9-2-5-12-11(8-9)15-13(16-12)6-7-14-10-3-4-10/h2,5,8,10,14H,3-4,6-7H2,1H3. The Morgan fingerprint density at radius 2 is 2.31 bits per heavy atom. The molecule has 1 saturated carbocycles. The van der Waals surface area contributed by atoms with Gasteiger partial charge in [-0.3, -0.25) is 0 Å². The minimum atomic E-state index is 0.756. The molecule has 0 bridgehead atoms. The number of aryl methyl sites for hydroxylation is 1. The minimum absolute atomic E-state index is 0.756. The zero-order valence-corrected chi connectivity index (χ0v) is 9.49. The van der Waals surface area contributed by atoms with E-state index in [1.165, 1.54) is 18.4 Å². The lowest BCUT2D eigenvalue weighted by atomic mass is 10.2. The number of hydrogen-bond acceptors (Lipinski definition) is 3. The van der Waals surface area contributed by atoms with Crippen LogP contribution in [0.3, 0.4) is 0 Å². The van der Waals surface area contributed by atoms with Crippen molar-refractivity contribution in [1.82, 2.24) is 10.3 Å². The van der Waals surface area contributed by atoms with Crippen LogP contribution in [0.15, 0.2) is 22.6 Å². The molecular formula is C13H16N2O. The van der Waals surface area contributed by atoms with Crippen LogP contribution in [0.2, 0.25) is 0 Å². The Labute approximate surface area is 94.9 Å². The van der Waals surface area contributed by atoms with Crippen LogP contribution in [0.25, 0.3) is 11.1 Å². The first kappa shape index (κ1) is 9.85. The summed E-state index contributed by atoms with van der Waals surface area (Å²) in [6, 6.07) is 6.87. The van der Waals surface area contributed by atoms with Gasteiger partial charge in [-0.2, -0.15) is 0 Å². The third kappa shape index (κ3) is 2.09. The van der Waals surface area contributed by atoms with Gasteiger partial charge in [0.15, 0.2) is 11.5 Å². The highest BCUT2D eigenvalue weighted by Crippen LogP contribution is 2.19. The van der Waals surface area contributed by atoms with Gasteiger partial charge in [0.25, 0.3) is 0 Å². The summed E-state index contributed by atoms with van der Waals surface area (Å²) in [5, 5.41) is 3.46. The minimum Gasteiger partial charge on any atom is -0.441 e. The van der Waals surface area contributed by atoms with Crippen molar-refractivity contribution in [2.45, 2.75) is 32.2 Å². The SMILES string of the molecule is Cc1ccc2oc(CCNC3CC3)nc2c1. The van der Waals surface area contributed by atoms with E-state index in [1.54, 1.807) is 0 Å². The van der Waals surface area contributed by atoms with Crippen molar-refractivity contribution in [3.8, 4) is 0 Å². The highest BCUT2D eigenvalue weighted by molar-refractivity contribution is 5.73. The van der Waals surface area contributed by atoms with Crippen LogP contribution in [0, 0.1) is 6.92 Å². The fraction of sp³-hybridized carbons (Fsp3) is 0.462. The predicted molar refractivity (Wildman–Crippen MR) is 63.5 cm³/mol. The van der Waals surface area contributed by atoms with Gasteiger partial charge in [0.1, 0.15) is 5.52 Å². The van der Waals surface area contributed by atoms with Crippen molar-refractivity contribution in [3.63, 3.8) is 0 Å². The van der Waals surface area contributed by atoms with Gasteiger partial charge in [0, 0.05) is 19.0 Å². The van der Waals surface area contributed by atoms with E-state index in [1.807, 2.05) is 6.07 Å². The van der Waals surface area contributed by atoms with Gasteiger partial charge in [-0.1, -0.05) is 6.07 Å². The van der Waals surface area contributed by atoms with E-state index in [9.17, 15) is 0 Å². The van der Waals surface area contributed by atoms with Crippen LogP contribution in [0.1, 0.15) is 24.3 Å². The first-order valence-corrected chi connectivity index (χ1v) is 5.91. The molecule has 0 atom stereocenters. The summed E-state index contributed by atoms with van der Waals surface area (Å²) in [4.78, 5) is 4.48. The van der Waals surface area contributed by atoms with Gasteiger partial charge in [0.05, 0.1) is 0 Å². The molecule has 84 valence electrons. The van der Waals surface area contributed by atoms with Crippen molar-refractivity contribution >= 4 is 11.1 Å². The Kier molecular flexibility index (Phi) is 2.40. The maximum atomic E-state index is 5.67. The number of oxazole rings is 1. The summed E-state index contributed by atoms with van der Waals surface area (Å²) in [6.45, 7) is 3.04. The van der Waals surface area contributed by atoms with Crippen LogP contribution in [0.5, 0.6) is 0 Å². The Bertz CT molecular complexity index is 500. The Hall–Kier alpha value is -1.35. The fourth-order valence-corrected chi connectivity index (χ4v) is 1.86. The van der Waals surface area contributed by atoms with Gasteiger partial charge >= 0.3 is 0 Å². The zero-order chi connectivity index (χ0) is 11.0. The maximum Gasteiger partial charge on any atom is 0.196 e. The number of aromatic nitrogens is 1. The second kappa shape index (κ2) is 3.91. The normalized spacial score (nSPS) is 15.8. The van der Waals surface area contributed by atoms with E-state index < -0.39 is 0 Å². The Balaban J connectivity index is 1.71. The number of hydrogen-bond donors (Lipinski definition) is 1. The summed E-state index contributed by atoms with van der Waals surface area (Å²) in [5.41, 5.74) is 3.09. The van der Waals surface area contributed by atoms with Crippen molar-refractivity contribution in [2.75, 3.05) is 6.54 Å². The molecule has 2 aromatic rings. The molecule has 1 aromatic heterocycles. The predicted octanol–water partition coefficient (Wildman–Crippen LogP) is 2.43. The third-order valence-electron chi connectivity index (χ3n) is 2.94. The van der Waals surface area contributed by atoms with Crippen molar-refractivity contribution in [2.24, 2.45) is 0 Å².